The molecule has 1 N–H and O–H groups in total. The SMILES string of the molecule is CNC1CCCN(C(=O)c2cncc(C)c2)C1.Cl.Cl. The van der Waals surface area contributed by atoms with Gasteiger partial charge in [-0.15, -0.1) is 24.8 Å². The third kappa shape index (κ3) is 4.64. The summed E-state index contributed by atoms with van der Waals surface area (Å²) in [4.78, 5) is 18.3. The average Bonchev–Trinajstić information content (AvgIpc) is 2.38. The third-order valence-electron chi connectivity index (χ3n) is 3.24. The van der Waals surface area contributed by atoms with Crippen LogP contribution in [0.5, 0.6) is 0 Å². The molecule has 1 fully saturated rings. The summed E-state index contributed by atoms with van der Waals surface area (Å²) in [7, 11) is 1.95. The lowest BCUT2D eigenvalue weighted by Gasteiger charge is -2.32. The second-order valence-electron chi connectivity index (χ2n) is 4.63. The summed E-state index contributed by atoms with van der Waals surface area (Å²) in [5.74, 6) is 0.0983. The number of likely N-dealkylation sites (tertiary alicyclic amines) is 1. The van der Waals surface area contributed by atoms with Crippen LogP contribution in [0, 0.1) is 6.92 Å². The van der Waals surface area contributed by atoms with Crippen molar-refractivity contribution in [1.29, 1.82) is 0 Å². The first-order valence-electron chi connectivity index (χ1n) is 6.09. The quantitative estimate of drug-likeness (QED) is 0.909. The highest BCUT2D eigenvalue weighted by molar-refractivity contribution is 5.94. The lowest BCUT2D eigenvalue weighted by molar-refractivity contribution is 0.0697. The first-order chi connectivity index (χ1) is 8.20. The fourth-order valence-corrected chi connectivity index (χ4v) is 2.25. The number of piperidine rings is 1. The normalized spacial score (nSPS) is 18.2. The molecular formula is C13H21Cl2N3O. The van der Waals surface area contributed by atoms with Crippen LogP contribution in [0.4, 0.5) is 0 Å². The van der Waals surface area contributed by atoms with Crippen molar-refractivity contribution >= 4 is 30.7 Å². The number of nitrogens with one attached hydrogen (secondary N) is 1. The van der Waals surface area contributed by atoms with Gasteiger partial charge in [0.25, 0.3) is 5.91 Å². The van der Waals surface area contributed by atoms with Crippen molar-refractivity contribution in [3.8, 4) is 0 Å². The maximum Gasteiger partial charge on any atom is 0.255 e. The second kappa shape index (κ2) is 8.35. The first kappa shape index (κ1) is 18.2. The Hall–Kier alpha value is -0.840. The fourth-order valence-electron chi connectivity index (χ4n) is 2.25. The Kier molecular flexibility index (Phi) is 7.99. The van der Waals surface area contributed by atoms with E-state index in [-0.39, 0.29) is 30.7 Å². The number of hydrogen-bond donors (Lipinski definition) is 1. The average molecular weight is 306 g/mol. The second-order valence-corrected chi connectivity index (χ2v) is 4.63. The summed E-state index contributed by atoms with van der Waals surface area (Å²) in [5.41, 5.74) is 1.72. The van der Waals surface area contributed by atoms with E-state index in [1.807, 2.05) is 24.9 Å². The molecule has 0 bridgehead atoms. The number of likely N-dealkylation sites (N-methyl/N-ethyl adjacent to an activating group) is 1. The molecule has 2 rings (SSSR count). The van der Waals surface area contributed by atoms with Crippen molar-refractivity contribution in [1.82, 2.24) is 15.2 Å². The van der Waals surface area contributed by atoms with Gasteiger partial charge in [-0.25, -0.2) is 0 Å². The topological polar surface area (TPSA) is 45.2 Å². The molecule has 19 heavy (non-hydrogen) atoms. The molecule has 0 aromatic carbocycles. The summed E-state index contributed by atoms with van der Waals surface area (Å²) in [6.07, 6.45) is 5.63. The number of aryl methyl sites for hydroxylation is 1. The van der Waals surface area contributed by atoms with Gasteiger partial charge in [0.15, 0.2) is 0 Å². The van der Waals surface area contributed by atoms with Crippen molar-refractivity contribution in [2.45, 2.75) is 25.8 Å². The largest absolute Gasteiger partial charge is 0.337 e. The molecule has 1 aliphatic rings. The van der Waals surface area contributed by atoms with E-state index in [9.17, 15) is 4.79 Å². The van der Waals surface area contributed by atoms with Gasteiger partial charge >= 0.3 is 0 Å². The Balaban J connectivity index is 0.00000162. The summed E-state index contributed by atoms with van der Waals surface area (Å²) in [6.45, 7) is 3.60. The number of pyridine rings is 1. The lowest BCUT2D eigenvalue weighted by Crippen LogP contribution is -2.47. The molecule has 2 heterocycles. The maximum atomic E-state index is 12.3. The van der Waals surface area contributed by atoms with Crippen LogP contribution in [0.25, 0.3) is 0 Å². The van der Waals surface area contributed by atoms with E-state index < -0.39 is 0 Å². The zero-order valence-electron chi connectivity index (χ0n) is 11.3. The van der Waals surface area contributed by atoms with E-state index in [1.165, 1.54) is 0 Å². The Morgan fingerprint density at radius 3 is 2.79 bits per heavy atom. The van der Waals surface area contributed by atoms with E-state index in [4.69, 9.17) is 0 Å². The lowest BCUT2D eigenvalue weighted by atomic mass is 10.0. The fraction of sp³-hybridized carbons (Fsp3) is 0.538. The summed E-state index contributed by atoms with van der Waals surface area (Å²) in [6, 6.07) is 2.32. The molecule has 1 amide bonds. The van der Waals surface area contributed by atoms with Gasteiger partial charge < -0.3 is 10.2 Å². The summed E-state index contributed by atoms with van der Waals surface area (Å²) < 4.78 is 0. The molecule has 0 radical (unpaired) electrons. The molecule has 1 atom stereocenters. The smallest absolute Gasteiger partial charge is 0.255 e. The van der Waals surface area contributed by atoms with Crippen molar-refractivity contribution in [2.24, 2.45) is 0 Å². The predicted molar refractivity (Wildman–Crippen MR) is 81.5 cm³/mol. The zero-order valence-corrected chi connectivity index (χ0v) is 12.9. The minimum atomic E-state index is 0. The number of carbonyl (C=O) groups excluding carboxylic acids is 1. The molecule has 0 saturated carbocycles. The number of nitrogens with zero attached hydrogens (tertiary/aromatic N) is 2. The number of halogens is 2. The number of amides is 1. The third-order valence-corrected chi connectivity index (χ3v) is 3.24. The van der Waals surface area contributed by atoms with Crippen LogP contribution in [-0.4, -0.2) is 42.0 Å². The van der Waals surface area contributed by atoms with Crippen molar-refractivity contribution in [3.05, 3.63) is 29.6 Å². The molecular weight excluding hydrogens is 285 g/mol. The van der Waals surface area contributed by atoms with Crippen LogP contribution in [0.3, 0.4) is 0 Å². The van der Waals surface area contributed by atoms with Gasteiger partial charge in [0.05, 0.1) is 5.56 Å². The molecule has 1 aliphatic heterocycles. The Bertz CT molecular complexity index is 415. The molecule has 1 aromatic rings. The van der Waals surface area contributed by atoms with Gasteiger partial charge in [-0.3, -0.25) is 9.78 Å². The van der Waals surface area contributed by atoms with Gasteiger partial charge in [-0.1, -0.05) is 0 Å². The Labute approximate surface area is 126 Å². The van der Waals surface area contributed by atoms with E-state index in [1.54, 1.807) is 12.4 Å². The molecule has 6 heteroatoms. The molecule has 0 aliphatic carbocycles. The van der Waals surface area contributed by atoms with Crippen molar-refractivity contribution in [2.75, 3.05) is 20.1 Å². The minimum absolute atomic E-state index is 0. The van der Waals surface area contributed by atoms with E-state index in [2.05, 4.69) is 10.3 Å². The summed E-state index contributed by atoms with van der Waals surface area (Å²) >= 11 is 0. The van der Waals surface area contributed by atoms with E-state index in [0.717, 1.165) is 31.5 Å². The van der Waals surface area contributed by atoms with Gasteiger partial charge in [0, 0.05) is 31.5 Å². The number of hydrogen-bond acceptors (Lipinski definition) is 3. The molecule has 4 nitrogen and oxygen atoms in total. The molecule has 0 spiro atoms. The first-order valence-corrected chi connectivity index (χ1v) is 6.09. The van der Waals surface area contributed by atoms with Crippen LogP contribution in [0.2, 0.25) is 0 Å². The highest BCUT2D eigenvalue weighted by atomic mass is 35.5. The van der Waals surface area contributed by atoms with Gasteiger partial charge in [0.1, 0.15) is 0 Å². The number of carbonyl (C=O) groups is 1. The summed E-state index contributed by atoms with van der Waals surface area (Å²) in [5, 5.41) is 3.24. The Morgan fingerprint density at radius 2 is 2.16 bits per heavy atom. The highest BCUT2D eigenvalue weighted by Gasteiger charge is 2.23. The molecule has 1 aromatic heterocycles. The van der Waals surface area contributed by atoms with E-state index in [0.29, 0.717) is 11.6 Å². The zero-order chi connectivity index (χ0) is 12.3. The monoisotopic (exact) mass is 305 g/mol. The van der Waals surface area contributed by atoms with Crippen LogP contribution in [-0.2, 0) is 0 Å². The Morgan fingerprint density at radius 1 is 1.42 bits per heavy atom. The minimum Gasteiger partial charge on any atom is -0.337 e. The van der Waals surface area contributed by atoms with Crippen LogP contribution < -0.4 is 5.32 Å². The predicted octanol–water partition coefficient (Wildman–Crippen LogP) is 2.06. The van der Waals surface area contributed by atoms with Crippen LogP contribution in [0.15, 0.2) is 18.5 Å². The van der Waals surface area contributed by atoms with Gasteiger partial charge in [0.2, 0.25) is 0 Å². The highest BCUT2D eigenvalue weighted by Crippen LogP contribution is 2.13. The number of rotatable bonds is 2. The standard InChI is InChI=1S/C13H19N3O.2ClH/c1-10-6-11(8-15-7-10)13(17)16-5-3-4-12(9-16)14-2;;/h6-8,12,14H,3-5,9H2,1-2H3;2*1H. The maximum absolute atomic E-state index is 12.3. The van der Waals surface area contributed by atoms with Gasteiger partial charge in [-0.2, -0.15) is 0 Å². The van der Waals surface area contributed by atoms with Gasteiger partial charge in [-0.05, 0) is 38.4 Å². The van der Waals surface area contributed by atoms with Crippen LogP contribution in [0.1, 0.15) is 28.8 Å². The molecule has 1 saturated heterocycles. The number of aromatic nitrogens is 1. The van der Waals surface area contributed by atoms with E-state index >= 15 is 0 Å². The van der Waals surface area contributed by atoms with Crippen molar-refractivity contribution < 1.29 is 4.79 Å². The molecule has 108 valence electrons. The van der Waals surface area contributed by atoms with Crippen molar-refractivity contribution in [3.63, 3.8) is 0 Å². The molecule has 1 unspecified atom stereocenters. The van der Waals surface area contributed by atoms with Crippen LogP contribution >= 0.6 is 24.8 Å².